The number of aliphatic hydroxyl groups is 4. The molecule has 2 rings (SSSR count). The molecule has 426 valence electrons. The maximum atomic E-state index is 14.9. The average Bonchev–Trinajstić information content (AvgIpc) is 3.70. The van der Waals surface area contributed by atoms with E-state index in [2.05, 4.69) is 210 Å². The van der Waals surface area contributed by atoms with Crippen molar-refractivity contribution in [1.82, 2.24) is 5.32 Å². The third-order valence-corrected chi connectivity index (χ3v) is 23.1. The lowest BCUT2D eigenvalue weighted by Gasteiger charge is -2.47. The summed E-state index contributed by atoms with van der Waals surface area (Å²) >= 11 is 0. The summed E-state index contributed by atoms with van der Waals surface area (Å²) in [7, 11) is -5.22. The van der Waals surface area contributed by atoms with Crippen LogP contribution in [0.25, 0.3) is 0 Å². The maximum absolute atomic E-state index is 14.9. The van der Waals surface area contributed by atoms with Crippen LogP contribution in [0.4, 0.5) is 0 Å². The number of ether oxygens (including phenoxy) is 4. The number of unbranched alkanes of at least 4 members (excludes halogenated alkanes) is 11. The van der Waals surface area contributed by atoms with Crippen LogP contribution >= 0.6 is 0 Å². The van der Waals surface area contributed by atoms with Gasteiger partial charge in [0.1, 0.15) is 24.4 Å². The molecule has 0 spiro atoms. The van der Waals surface area contributed by atoms with Gasteiger partial charge in [0.15, 0.2) is 40.9 Å². The van der Waals surface area contributed by atoms with E-state index in [0.29, 0.717) is 6.42 Å². The van der Waals surface area contributed by atoms with Gasteiger partial charge in [0.05, 0.1) is 31.5 Å². The highest BCUT2D eigenvalue weighted by molar-refractivity contribution is 6.74. The molecular formula is C65H87NO11Si2. The lowest BCUT2D eigenvalue weighted by molar-refractivity contribution is -0.303. The molecule has 1 amide bonds. The average molecular weight is 1110 g/mol. The second-order valence-electron chi connectivity index (χ2n) is 23.0. The van der Waals surface area contributed by atoms with Crippen molar-refractivity contribution in [1.29, 1.82) is 0 Å². The molecule has 2 fully saturated rings. The van der Waals surface area contributed by atoms with Gasteiger partial charge in [-0.15, -0.1) is 0 Å². The van der Waals surface area contributed by atoms with E-state index in [1.807, 2.05) is 0 Å². The Kier molecular flexibility index (Phi) is 31.9. The van der Waals surface area contributed by atoms with Gasteiger partial charge >= 0.3 is 0 Å². The number of carbonyl (C=O) groups excluding carboxylic acids is 1. The van der Waals surface area contributed by atoms with Crippen molar-refractivity contribution in [2.75, 3.05) is 13.2 Å². The monoisotopic (exact) mass is 1110 g/mol. The van der Waals surface area contributed by atoms with Crippen molar-refractivity contribution in [3.05, 3.63) is 0 Å². The molecule has 5 unspecified atom stereocenters. The predicted molar refractivity (Wildman–Crippen MR) is 317 cm³/mol. The Morgan fingerprint density at radius 1 is 0.595 bits per heavy atom. The standard InChI is InChI=1S/C65H87NO11Si2/c1-15-17-19-21-23-25-27-29-30-31-32-33-34-35-36-37-39-40-42-44-46-48-53-60(75-65(9,10)74-53)61(71)66-52(51-72-62-58(70)57(69)56(68)55(50-67)73-62)59(77-79(13,14)64(6,7)8)54(76-78(11,12)63(3,4)5)49-47-45-43-41-38-28-26-24-22-20-18-16-2/h52-60,62,67-70H,16,18,20,22,24,26,28,38,41,43,45,47,49-51H2,1-14H3,(H,66,71)/t52-,53+,54+,55?,56?,57?,58?,59-,60+,62?/m0/s1. The number of hydrogen-bond donors (Lipinski definition) is 5. The molecule has 5 N–H and O–H groups in total. The molecule has 2 saturated heterocycles. The Morgan fingerprint density at radius 2 is 1.01 bits per heavy atom. The fourth-order valence-corrected chi connectivity index (χ4v) is 10.4. The van der Waals surface area contributed by atoms with E-state index in [0.717, 1.165) is 25.7 Å². The molecule has 12 nitrogen and oxygen atoms in total. The molecule has 79 heavy (non-hydrogen) atoms. The van der Waals surface area contributed by atoms with Gasteiger partial charge in [-0.2, -0.15) is 0 Å². The first-order valence-electron chi connectivity index (χ1n) is 27.7. The highest BCUT2D eigenvalue weighted by Crippen LogP contribution is 2.42. The summed E-state index contributed by atoms with van der Waals surface area (Å²) < 4.78 is 39.3. The van der Waals surface area contributed by atoms with E-state index in [9.17, 15) is 25.2 Å². The first-order valence-corrected chi connectivity index (χ1v) is 33.5. The number of hydrogen-bond acceptors (Lipinski definition) is 11. The van der Waals surface area contributed by atoms with Crippen LogP contribution in [0.3, 0.4) is 0 Å². The van der Waals surface area contributed by atoms with Crippen molar-refractivity contribution in [3.8, 4) is 130 Å². The molecule has 0 aromatic heterocycles. The largest absolute Gasteiger partial charge is 0.411 e. The molecule has 0 saturated carbocycles. The second-order valence-corrected chi connectivity index (χ2v) is 32.5. The van der Waals surface area contributed by atoms with Crippen LogP contribution in [0.5, 0.6) is 0 Å². The van der Waals surface area contributed by atoms with E-state index >= 15 is 0 Å². The molecule has 0 aromatic rings. The van der Waals surface area contributed by atoms with Gasteiger partial charge in [0, 0.05) is 23.7 Å². The number of amides is 1. The molecule has 2 heterocycles. The summed E-state index contributed by atoms with van der Waals surface area (Å²) in [6.07, 6.45) is 3.66. The van der Waals surface area contributed by atoms with Gasteiger partial charge in [0.2, 0.25) is 0 Å². The Labute approximate surface area is 478 Å². The number of rotatable bonds is 25. The van der Waals surface area contributed by atoms with Gasteiger partial charge in [-0.1, -0.05) is 137 Å². The number of aliphatic hydroxyl groups excluding tert-OH is 4. The topological polar surface area (TPSA) is 165 Å². The Balaban J connectivity index is 2.53. The zero-order valence-corrected chi connectivity index (χ0v) is 51.5. The lowest BCUT2D eigenvalue weighted by Crippen LogP contribution is -2.63. The minimum absolute atomic E-state index is 0.181. The van der Waals surface area contributed by atoms with Gasteiger partial charge < -0.3 is 53.5 Å². The summed E-state index contributed by atoms with van der Waals surface area (Å²) in [6, 6.07) is -0.966. The van der Waals surface area contributed by atoms with Crippen molar-refractivity contribution in [2.45, 2.75) is 256 Å². The first-order chi connectivity index (χ1) is 37.3. The molecule has 0 radical (unpaired) electrons. The first kappa shape index (κ1) is 69.8. The van der Waals surface area contributed by atoms with Gasteiger partial charge in [0.25, 0.3) is 5.91 Å². The van der Waals surface area contributed by atoms with E-state index < -0.39 is 96.1 Å². The Morgan fingerprint density at radius 3 is 1.44 bits per heavy atom. The summed E-state index contributed by atoms with van der Waals surface area (Å²) in [5.41, 5.74) is 0. The fourth-order valence-electron chi connectivity index (χ4n) is 7.64. The van der Waals surface area contributed by atoms with Crippen LogP contribution in [0.2, 0.25) is 36.3 Å². The summed E-state index contributed by atoms with van der Waals surface area (Å²) in [5, 5.41) is 45.3. The second kappa shape index (κ2) is 36.1. The molecule has 10 atom stereocenters. The van der Waals surface area contributed by atoms with Gasteiger partial charge in [-0.25, -0.2) is 0 Å². The molecule has 2 aliphatic heterocycles. The number of carbonyl (C=O) groups is 1. The summed E-state index contributed by atoms with van der Waals surface area (Å²) in [6.45, 7) is 28.0. The van der Waals surface area contributed by atoms with E-state index in [1.165, 1.54) is 51.4 Å². The summed E-state index contributed by atoms with van der Waals surface area (Å²) in [4.78, 5) is 14.9. The van der Waals surface area contributed by atoms with Crippen molar-refractivity contribution < 1.29 is 53.0 Å². The fraction of sp³-hybridized carbons (Fsp3) is 0.646. The highest BCUT2D eigenvalue weighted by atomic mass is 28.4. The maximum Gasteiger partial charge on any atom is 0.253 e. The SMILES string of the molecule is CC#CC#CC#CC#CC#CC#CC#CC#CC#CC#CC#C[C@H]1OC(C)(C)O[C@H]1C(=O)N[C@@H](COC1OC(CO)C(O)C(O)C1O)[C@H](O[Si](C)(C)C(C)(C)C)[C@@H](CCCCCCCCCCCCCC)O[Si](C)(C)C(C)(C)C. The van der Waals surface area contributed by atoms with Crippen LogP contribution < -0.4 is 5.32 Å². The van der Waals surface area contributed by atoms with Crippen LogP contribution in [0.1, 0.15) is 153 Å². The molecule has 0 aromatic carbocycles. The van der Waals surface area contributed by atoms with Crippen LogP contribution in [-0.4, -0.2) is 123 Å². The van der Waals surface area contributed by atoms with Crippen LogP contribution in [0.15, 0.2) is 0 Å². The summed E-state index contributed by atoms with van der Waals surface area (Å²) in [5.74, 6) is 55.1. The van der Waals surface area contributed by atoms with E-state index in [-0.39, 0.29) is 16.7 Å². The molecular weight excluding hydrogens is 1030 g/mol. The minimum atomic E-state index is -2.69. The molecule has 0 aliphatic carbocycles. The zero-order valence-electron chi connectivity index (χ0n) is 49.5. The van der Waals surface area contributed by atoms with Crippen molar-refractivity contribution >= 4 is 22.5 Å². The Hall–Kier alpha value is -5.34. The third kappa shape index (κ3) is 26.7. The Bertz CT molecular complexity index is 2700. The zero-order chi connectivity index (χ0) is 59.0. The molecule has 0 bridgehead atoms. The minimum Gasteiger partial charge on any atom is -0.411 e. The molecule has 14 heteroatoms. The molecule has 2 aliphatic rings. The normalized spacial score (nSPS) is 21.1. The smallest absolute Gasteiger partial charge is 0.253 e. The lowest BCUT2D eigenvalue weighted by atomic mass is 9.98. The van der Waals surface area contributed by atoms with Gasteiger partial charge in [-0.3, -0.25) is 4.79 Å². The quantitative estimate of drug-likeness (QED) is 0.0345. The highest BCUT2D eigenvalue weighted by Gasteiger charge is 2.51. The van der Waals surface area contributed by atoms with E-state index in [1.54, 1.807) is 20.8 Å². The van der Waals surface area contributed by atoms with Crippen molar-refractivity contribution in [3.63, 3.8) is 0 Å². The van der Waals surface area contributed by atoms with Gasteiger partial charge in [-0.05, 0) is 158 Å². The van der Waals surface area contributed by atoms with Crippen molar-refractivity contribution in [2.24, 2.45) is 0 Å². The third-order valence-electron chi connectivity index (χ3n) is 14.1. The van der Waals surface area contributed by atoms with Crippen LogP contribution in [-0.2, 0) is 32.6 Å². The van der Waals surface area contributed by atoms with Crippen LogP contribution in [0, 0.1) is 130 Å². The number of nitrogens with one attached hydrogen (secondary N) is 1. The predicted octanol–water partition coefficient (Wildman–Crippen LogP) is 7.74. The van der Waals surface area contributed by atoms with E-state index in [4.69, 9.17) is 27.8 Å².